The van der Waals surface area contributed by atoms with Crippen molar-refractivity contribution in [3.05, 3.63) is 40.4 Å². The fourth-order valence-corrected chi connectivity index (χ4v) is 2.50. The number of fused-ring (bicyclic) bond motifs is 3. The van der Waals surface area contributed by atoms with Crippen molar-refractivity contribution < 1.29 is 9.52 Å². The predicted octanol–water partition coefficient (Wildman–Crippen LogP) is 5.39. The average molecular weight is 307 g/mol. The van der Waals surface area contributed by atoms with Crippen molar-refractivity contribution in [2.75, 3.05) is 0 Å². The van der Waals surface area contributed by atoms with E-state index in [0.717, 1.165) is 32.0 Å². The molecule has 94 valence electrons. The SMILES string of the molecule is CC.Cc1c(O)cc(Br)c2oc3ccccc3c12. The van der Waals surface area contributed by atoms with Gasteiger partial charge in [0.15, 0.2) is 0 Å². The van der Waals surface area contributed by atoms with E-state index in [0.29, 0.717) is 0 Å². The molecule has 0 aliphatic carbocycles. The Kier molecular flexibility index (Phi) is 3.62. The lowest BCUT2D eigenvalue weighted by Gasteiger charge is -2.01. The molecule has 0 saturated heterocycles. The van der Waals surface area contributed by atoms with Crippen molar-refractivity contribution in [1.82, 2.24) is 0 Å². The zero-order chi connectivity index (χ0) is 13.3. The van der Waals surface area contributed by atoms with Gasteiger partial charge in [0.05, 0.1) is 4.47 Å². The second kappa shape index (κ2) is 5.02. The number of hydrogen-bond acceptors (Lipinski definition) is 2. The standard InChI is InChI=1S/C13H9BrO2.C2H6/c1-7-10(15)6-9(14)13-12(7)8-4-2-3-5-11(8)16-13;1-2/h2-6,15H,1H3;1-2H3. The Balaban J connectivity index is 0.000000574. The summed E-state index contributed by atoms with van der Waals surface area (Å²) in [5.74, 6) is 0.283. The van der Waals surface area contributed by atoms with Gasteiger partial charge in [-0.25, -0.2) is 0 Å². The van der Waals surface area contributed by atoms with Crippen molar-refractivity contribution in [1.29, 1.82) is 0 Å². The summed E-state index contributed by atoms with van der Waals surface area (Å²) in [6.07, 6.45) is 0. The van der Waals surface area contributed by atoms with Crippen LogP contribution < -0.4 is 0 Å². The number of furan rings is 1. The van der Waals surface area contributed by atoms with Crippen LogP contribution in [0.2, 0.25) is 0 Å². The number of aryl methyl sites for hydroxylation is 1. The molecule has 3 heteroatoms. The van der Waals surface area contributed by atoms with Crippen LogP contribution in [0.15, 0.2) is 39.2 Å². The molecule has 0 aliphatic rings. The maximum absolute atomic E-state index is 9.80. The topological polar surface area (TPSA) is 33.4 Å². The molecule has 3 rings (SSSR count). The normalized spacial score (nSPS) is 10.4. The van der Waals surface area contributed by atoms with E-state index in [1.807, 2.05) is 45.0 Å². The molecule has 1 aromatic heterocycles. The molecule has 1 heterocycles. The van der Waals surface area contributed by atoms with Gasteiger partial charge in [0, 0.05) is 16.3 Å². The fourth-order valence-electron chi connectivity index (χ4n) is 2.01. The summed E-state index contributed by atoms with van der Waals surface area (Å²) < 4.78 is 6.54. The molecular weight excluding hydrogens is 292 g/mol. The van der Waals surface area contributed by atoms with Crippen molar-refractivity contribution in [2.24, 2.45) is 0 Å². The Labute approximate surface area is 114 Å². The minimum absolute atomic E-state index is 0.283. The molecule has 0 saturated carbocycles. The predicted molar refractivity (Wildman–Crippen MR) is 79.2 cm³/mol. The van der Waals surface area contributed by atoms with E-state index < -0.39 is 0 Å². The highest BCUT2D eigenvalue weighted by atomic mass is 79.9. The summed E-state index contributed by atoms with van der Waals surface area (Å²) >= 11 is 3.41. The van der Waals surface area contributed by atoms with Gasteiger partial charge in [0.2, 0.25) is 0 Å². The number of phenols is 1. The van der Waals surface area contributed by atoms with Crippen molar-refractivity contribution >= 4 is 37.9 Å². The molecule has 0 spiro atoms. The van der Waals surface area contributed by atoms with Gasteiger partial charge in [-0.1, -0.05) is 32.0 Å². The van der Waals surface area contributed by atoms with Gasteiger partial charge >= 0.3 is 0 Å². The van der Waals surface area contributed by atoms with Crippen LogP contribution in [0.5, 0.6) is 5.75 Å². The van der Waals surface area contributed by atoms with Gasteiger partial charge in [0.25, 0.3) is 0 Å². The minimum Gasteiger partial charge on any atom is -0.508 e. The molecule has 0 amide bonds. The third-order valence-corrected chi connectivity index (χ3v) is 3.42. The van der Waals surface area contributed by atoms with Crippen molar-refractivity contribution in [3.8, 4) is 5.75 Å². The van der Waals surface area contributed by atoms with Crippen LogP contribution in [-0.2, 0) is 0 Å². The molecule has 0 fully saturated rings. The average Bonchev–Trinajstić information content (AvgIpc) is 2.78. The van der Waals surface area contributed by atoms with E-state index in [-0.39, 0.29) is 5.75 Å². The second-order valence-electron chi connectivity index (χ2n) is 3.80. The Morgan fingerprint density at radius 3 is 2.56 bits per heavy atom. The lowest BCUT2D eigenvalue weighted by atomic mass is 10.1. The van der Waals surface area contributed by atoms with E-state index in [1.165, 1.54) is 0 Å². The Morgan fingerprint density at radius 1 is 1.17 bits per heavy atom. The Bertz CT molecular complexity index is 698. The number of benzene rings is 2. The molecule has 0 atom stereocenters. The number of rotatable bonds is 0. The first kappa shape index (κ1) is 13.0. The molecule has 2 aromatic carbocycles. The van der Waals surface area contributed by atoms with E-state index in [4.69, 9.17) is 4.42 Å². The summed E-state index contributed by atoms with van der Waals surface area (Å²) in [4.78, 5) is 0. The molecule has 18 heavy (non-hydrogen) atoms. The minimum atomic E-state index is 0.283. The molecular formula is C15H15BrO2. The molecule has 3 aromatic rings. The van der Waals surface area contributed by atoms with Gasteiger partial charge < -0.3 is 9.52 Å². The molecule has 0 unspecified atom stereocenters. The highest BCUT2D eigenvalue weighted by Crippen LogP contribution is 2.39. The summed E-state index contributed by atoms with van der Waals surface area (Å²) in [5.41, 5.74) is 2.48. The lowest BCUT2D eigenvalue weighted by Crippen LogP contribution is -1.78. The quantitative estimate of drug-likeness (QED) is 0.604. The zero-order valence-electron chi connectivity index (χ0n) is 10.6. The van der Waals surface area contributed by atoms with E-state index in [2.05, 4.69) is 15.9 Å². The first-order valence-electron chi connectivity index (χ1n) is 5.98. The second-order valence-corrected chi connectivity index (χ2v) is 4.66. The number of phenolic OH excluding ortho intramolecular Hbond substituents is 1. The number of halogens is 1. The summed E-state index contributed by atoms with van der Waals surface area (Å²) in [7, 11) is 0. The largest absolute Gasteiger partial charge is 0.508 e. The molecule has 0 radical (unpaired) electrons. The highest BCUT2D eigenvalue weighted by molar-refractivity contribution is 9.10. The smallest absolute Gasteiger partial charge is 0.150 e. The van der Waals surface area contributed by atoms with Crippen LogP contribution >= 0.6 is 15.9 Å². The lowest BCUT2D eigenvalue weighted by molar-refractivity contribution is 0.471. The molecule has 1 N–H and O–H groups in total. The van der Waals surface area contributed by atoms with Crippen molar-refractivity contribution in [2.45, 2.75) is 20.8 Å². The van der Waals surface area contributed by atoms with Crippen LogP contribution in [0.4, 0.5) is 0 Å². The Morgan fingerprint density at radius 2 is 1.83 bits per heavy atom. The monoisotopic (exact) mass is 306 g/mol. The van der Waals surface area contributed by atoms with Crippen LogP contribution in [0.3, 0.4) is 0 Å². The van der Waals surface area contributed by atoms with Crippen LogP contribution in [0.25, 0.3) is 21.9 Å². The fraction of sp³-hybridized carbons (Fsp3) is 0.200. The zero-order valence-corrected chi connectivity index (χ0v) is 12.2. The highest BCUT2D eigenvalue weighted by Gasteiger charge is 2.14. The number of hydrogen-bond donors (Lipinski definition) is 1. The van der Waals surface area contributed by atoms with Crippen LogP contribution in [-0.4, -0.2) is 5.11 Å². The van der Waals surface area contributed by atoms with E-state index in [9.17, 15) is 5.11 Å². The molecule has 2 nitrogen and oxygen atoms in total. The molecule has 0 aliphatic heterocycles. The maximum atomic E-state index is 9.80. The van der Waals surface area contributed by atoms with Gasteiger partial charge in [-0.2, -0.15) is 0 Å². The van der Waals surface area contributed by atoms with Gasteiger partial charge in [0.1, 0.15) is 16.9 Å². The van der Waals surface area contributed by atoms with E-state index >= 15 is 0 Å². The van der Waals surface area contributed by atoms with Gasteiger partial charge in [-0.15, -0.1) is 0 Å². The first-order valence-corrected chi connectivity index (χ1v) is 6.77. The van der Waals surface area contributed by atoms with E-state index in [1.54, 1.807) is 6.07 Å². The van der Waals surface area contributed by atoms with Crippen LogP contribution in [0.1, 0.15) is 19.4 Å². The maximum Gasteiger partial charge on any atom is 0.150 e. The first-order chi connectivity index (χ1) is 8.68. The van der Waals surface area contributed by atoms with Gasteiger partial charge in [-0.05, 0) is 35.0 Å². The van der Waals surface area contributed by atoms with Crippen molar-refractivity contribution in [3.63, 3.8) is 0 Å². The molecule has 0 bridgehead atoms. The summed E-state index contributed by atoms with van der Waals surface area (Å²) in [6.45, 7) is 5.89. The number of para-hydroxylation sites is 1. The summed E-state index contributed by atoms with van der Waals surface area (Å²) in [5, 5.41) is 11.8. The third kappa shape index (κ3) is 1.89. The third-order valence-electron chi connectivity index (χ3n) is 2.84. The van der Waals surface area contributed by atoms with Crippen LogP contribution in [0, 0.1) is 6.92 Å². The summed E-state index contributed by atoms with van der Waals surface area (Å²) in [6, 6.07) is 9.50. The Hall–Kier alpha value is -1.48. The number of aromatic hydroxyl groups is 1. The van der Waals surface area contributed by atoms with Gasteiger partial charge in [-0.3, -0.25) is 0 Å².